The highest BCUT2D eigenvalue weighted by atomic mass is 35.5. The summed E-state index contributed by atoms with van der Waals surface area (Å²) in [5.41, 5.74) is 1.19. The maximum absolute atomic E-state index is 12.9. The van der Waals surface area contributed by atoms with Crippen LogP contribution in [0.5, 0.6) is 0 Å². The van der Waals surface area contributed by atoms with Crippen molar-refractivity contribution in [1.82, 2.24) is 24.5 Å². The molecule has 0 N–H and O–H groups in total. The highest BCUT2D eigenvalue weighted by Crippen LogP contribution is 2.23. The van der Waals surface area contributed by atoms with Crippen molar-refractivity contribution < 1.29 is 4.79 Å². The molecule has 0 aliphatic carbocycles. The first-order valence-corrected chi connectivity index (χ1v) is 8.47. The molecule has 1 aliphatic heterocycles. The Hall–Kier alpha value is -2.67. The first-order chi connectivity index (χ1) is 12.1. The number of rotatable bonds is 2. The molecule has 25 heavy (non-hydrogen) atoms. The third-order valence-electron chi connectivity index (χ3n) is 4.37. The maximum Gasteiger partial charge on any atom is 0.257 e. The summed E-state index contributed by atoms with van der Waals surface area (Å²) in [6.45, 7) is 4.59. The second-order valence-electron chi connectivity index (χ2n) is 5.95. The molecule has 4 heterocycles. The van der Waals surface area contributed by atoms with E-state index in [0.29, 0.717) is 29.2 Å². The van der Waals surface area contributed by atoms with Gasteiger partial charge in [0.15, 0.2) is 0 Å². The lowest BCUT2D eigenvalue weighted by Gasteiger charge is -2.35. The molecule has 0 atom stereocenters. The molecule has 7 nitrogen and oxygen atoms in total. The molecule has 1 fully saturated rings. The molecule has 0 saturated carbocycles. The van der Waals surface area contributed by atoms with Crippen LogP contribution in [0.4, 0.5) is 5.82 Å². The quantitative estimate of drug-likeness (QED) is 0.703. The Morgan fingerprint density at radius 1 is 1.20 bits per heavy atom. The van der Waals surface area contributed by atoms with Gasteiger partial charge in [-0.15, -0.1) is 0 Å². The van der Waals surface area contributed by atoms with Crippen LogP contribution in [-0.4, -0.2) is 56.6 Å². The van der Waals surface area contributed by atoms with E-state index in [9.17, 15) is 4.79 Å². The lowest BCUT2D eigenvalue weighted by molar-refractivity contribution is 0.0748. The zero-order chi connectivity index (χ0) is 17.4. The molecule has 1 saturated heterocycles. The molecule has 1 amide bonds. The van der Waals surface area contributed by atoms with Gasteiger partial charge >= 0.3 is 0 Å². The number of hydrogen-bond acceptors (Lipinski definition) is 5. The van der Waals surface area contributed by atoms with Gasteiger partial charge in [0.25, 0.3) is 5.91 Å². The maximum atomic E-state index is 12.9. The lowest BCUT2D eigenvalue weighted by atomic mass is 10.2. The van der Waals surface area contributed by atoms with Gasteiger partial charge in [0.2, 0.25) is 0 Å². The van der Waals surface area contributed by atoms with Crippen molar-refractivity contribution in [2.75, 3.05) is 31.1 Å². The second kappa shape index (κ2) is 6.33. The average molecular weight is 357 g/mol. The first kappa shape index (κ1) is 15.8. The Balaban J connectivity index is 1.51. The molecule has 4 rings (SSSR count). The van der Waals surface area contributed by atoms with E-state index >= 15 is 0 Å². The molecule has 1 aliphatic rings. The van der Waals surface area contributed by atoms with Crippen LogP contribution < -0.4 is 4.90 Å². The van der Waals surface area contributed by atoms with Crippen molar-refractivity contribution >= 4 is 28.8 Å². The fourth-order valence-corrected chi connectivity index (χ4v) is 3.35. The van der Waals surface area contributed by atoms with Crippen molar-refractivity contribution in [2.45, 2.75) is 6.92 Å². The number of aromatic nitrogens is 4. The Kier molecular flexibility index (Phi) is 4.01. The van der Waals surface area contributed by atoms with E-state index in [4.69, 9.17) is 11.6 Å². The molecule has 3 aromatic rings. The smallest absolute Gasteiger partial charge is 0.257 e. The fraction of sp³-hybridized carbons (Fsp3) is 0.294. The SMILES string of the molecule is Cc1nccc(N2CCN(C(=O)c3cnn4cccc(Cl)c34)CC2)n1. The lowest BCUT2D eigenvalue weighted by Crippen LogP contribution is -2.49. The van der Waals surface area contributed by atoms with Gasteiger partial charge in [-0.3, -0.25) is 4.79 Å². The number of pyridine rings is 1. The van der Waals surface area contributed by atoms with Crippen molar-refractivity contribution in [2.24, 2.45) is 0 Å². The van der Waals surface area contributed by atoms with E-state index in [2.05, 4.69) is 20.0 Å². The number of aryl methyl sites for hydroxylation is 1. The number of hydrogen-bond donors (Lipinski definition) is 0. The van der Waals surface area contributed by atoms with Gasteiger partial charge in [-0.25, -0.2) is 14.5 Å². The van der Waals surface area contributed by atoms with Crippen LogP contribution in [0, 0.1) is 6.92 Å². The molecule has 0 spiro atoms. The molecule has 0 radical (unpaired) electrons. The van der Waals surface area contributed by atoms with Gasteiger partial charge in [-0.1, -0.05) is 11.6 Å². The second-order valence-corrected chi connectivity index (χ2v) is 6.36. The number of carbonyl (C=O) groups is 1. The van der Waals surface area contributed by atoms with Crippen LogP contribution >= 0.6 is 11.6 Å². The number of amides is 1. The van der Waals surface area contributed by atoms with E-state index in [1.54, 1.807) is 35.2 Å². The number of halogens is 1. The zero-order valence-corrected chi connectivity index (χ0v) is 14.5. The minimum atomic E-state index is -0.0402. The van der Waals surface area contributed by atoms with Crippen LogP contribution in [0.2, 0.25) is 5.02 Å². The molecular formula is C17H17ClN6O. The van der Waals surface area contributed by atoms with Crippen LogP contribution in [0.3, 0.4) is 0 Å². The molecule has 0 aromatic carbocycles. The van der Waals surface area contributed by atoms with Gasteiger partial charge in [0.05, 0.1) is 22.3 Å². The summed E-state index contributed by atoms with van der Waals surface area (Å²) in [4.78, 5) is 25.5. The Labute approximate surface area is 149 Å². The minimum absolute atomic E-state index is 0.0402. The largest absolute Gasteiger partial charge is 0.353 e. The summed E-state index contributed by atoms with van der Waals surface area (Å²) in [5.74, 6) is 1.61. The van der Waals surface area contributed by atoms with Gasteiger partial charge < -0.3 is 9.80 Å². The zero-order valence-electron chi connectivity index (χ0n) is 13.8. The van der Waals surface area contributed by atoms with Crippen molar-refractivity contribution in [3.8, 4) is 0 Å². The van der Waals surface area contributed by atoms with Gasteiger partial charge in [-0.2, -0.15) is 5.10 Å². The molecule has 0 bridgehead atoms. The normalized spacial score (nSPS) is 15.0. The summed E-state index contributed by atoms with van der Waals surface area (Å²) in [7, 11) is 0. The van der Waals surface area contributed by atoms with Gasteiger partial charge in [0.1, 0.15) is 11.6 Å². The van der Waals surface area contributed by atoms with Crippen molar-refractivity contribution in [3.63, 3.8) is 0 Å². The molecule has 128 valence electrons. The van der Waals surface area contributed by atoms with Gasteiger partial charge in [-0.05, 0) is 25.1 Å². The Bertz CT molecular complexity index is 932. The monoisotopic (exact) mass is 356 g/mol. The Morgan fingerprint density at radius 3 is 2.76 bits per heavy atom. The highest BCUT2D eigenvalue weighted by molar-refractivity contribution is 6.34. The van der Waals surface area contributed by atoms with Crippen LogP contribution in [0.25, 0.3) is 5.52 Å². The molecular weight excluding hydrogens is 340 g/mol. The summed E-state index contributed by atoms with van der Waals surface area (Å²) >= 11 is 6.25. The average Bonchev–Trinajstić information content (AvgIpc) is 3.07. The highest BCUT2D eigenvalue weighted by Gasteiger charge is 2.25. The summed E-state index contributed by atoms with van der Waals surface area (Å²) < 4.78 is 1.63. The number of fused-ring (bicyclic) bond motifs is 1. The van der Waals surface area contributed by atoms with Crippen LogP contribution in [0.15, 0.2) is 36.8 Å². The predicted octanol–water partition coefficient (Wildman–Crippen LogP) is 2.05. The number of anilines is 1. The molecule has 3 aromatic heterocycles. The van der Waals surface area contributed by atoms with Gasteiger partial charge in [0, 0.05) is 38.6 Å². The van der Waals surface area contributed by atoms with E-state index < -0.39 is 0 Å². The van der Waals surface area contributed by atoms with Crippen molar-refractivity contribution in [3.05, 3.63) is 53.2 Å². The molecule has 8 heteroatoms. The molecule has 0 unspecified atom stereocenters. The Morgan fingerprint density at radius 2 is 2.00 bits per heavy atom. The summed E-state index contributed by atoms with van der Waals surface area (Å²) in [5, 5.41) is 4.75. The fourth-order valence-electron chi connectivity index (χ4n) is 3.09. The number of carbonyl (C=O) groups excluding carboxylic acids is 1. The van der Waals surface area contributed by atoms with E-state index in [1.165, 1.54) is 0 Å². The van der Waals surface area contributed by atoms with Crippen LogP contribution in [-0.2, 0) is 0 Å². The van der Waals surface area contributed by atoms with E-state index in [1.807, 2.05) is 17.9 Å². The first-order valence-electron chi connectivity index (χ1n) is 8.09. The summed E-state index contributed by atoms with van der Waals surface area (Å²) in [6.07, 6.45) is 5.13. The topological polar surface area (TPSA) is 66.6 Å². The number of nitrogens with zero attached hydrogens (tertiary/aromatic N) is 6. The third-order valence-corrected chi connectivity index (χ3v) is 4.68. The van der Waals surface area contributed by atoms with E-state index in [-0.39, 0.29) is 5.91 Å². The summed E-state index contributed by atoms with van der Waals surface area (Å²) in [6, 6.07) is 5.47. The standard InChI is InChI=1S/C17H17ClN6O/c1-12-19-5-4-15(21-12)22-7-9-23(10-8-22)17(25)13-11-20-24-6-2-3-14(18)16(13)24/h2-6,11H,7-10H2,1H3. The van der Waals surface area contributed by atoms with Crippen LogP contribution in [0.1, 0.15) is 16.2 Å². The third kappa shape index (κ3) is 2.91. The van der Waals surface area contributed by atoms with Crippen molar-refractivity contribution in [1.29, 1.82) is 0 Å². The number of piperazine rings is 1. The minimum Gasteiger partial charge on any atom is -0.353 e. The van der Waals surface area contributed by atoms with E-state index in [0.717, 1.165) is 24.7 Å². The predicted molar refractivity (Wildman–Crippen MR) is 95.1 cm³/mol.